The van der Waals surface area contributed by atoms with Crippen molar-refractivity contribution in [1.29, 1.82) is 0 Å². The Kier molecular flexibility index (Phi) is 5.74. The van der Waals surface area contributed by atoms with E-state index in [4.69, 9.17) is 11.6 Å². The summed E-state index contributed by atoms with van der Waals surface area (Å²) in [5, 5.41) is 3.45. The number of rotatable bonds is 5. The van der Waals surface area contributed by atoms with Crippen LogP contribution < -0.4 is 5.32 Å². The maximum atomic E-state index is 12.8. The van der Waals surface area contributed by atoms with Crippen LogP contribution in [0.2, 0.25) is 5.15 Å². The number of Topliss-reactive ketones (excluding diaryl/α,β-unsaturated/α-hetero) is 1. The van der Waals surface area contributed by atoms with Gasteiger partial charge in [0.05, 0.1) is 5.54 Å². The molecule has 0 aliphatic rings. The SMILES string of the molecule is CC(C)(NC(=O)c1sc(-c2cccnc2)nc1Cl)C(=O)c1cccc(Br)c1. The van der Waals surface area contributed by atoms with Crippen molar-refractivity contribution >= 4 is 50.6 Å². The van der Waals surface area contributed by atoms with Crippen LogP contribution in [0.3, 0.4) is 0 Å². The van der Waals surface area contributed by atoms with Crippen molar-refractivity contribution in [3.05, 3.63) is 68.9 Å². The summed E-state index contributed by atoms with van der Waals surface area (Å²) in [5.41, 5.74) is 0.161. The summed E-state index contributed by atoms with van der Waals surface area (Å²) in [4.78, 5) is 34.1. The summed E-state index contributed by atoms with van der Waals surface area (Å²) in [7, 11) is 0. The molecule has 138 valence electrons. The molecule has 5 nitrogen and oxygen atoms in total. The first-order chi connectivity index (χ1) is 12.8. The lowest BCUT2D eigenvalue weighted by Crippen LogP contribution is -2.49. The Bertz CT molecular complexity index is 1010. The van der Waals surface area contributed by atoms with E-state index < -0.39 is 11.4 Å². The molecule has 0 radical (unpaired) electrons. The van der Waals surface area contributed by atoms with E-state index in [0.29, 0.717) is 10.6 Å². The molecular weight excluding hydrogens is 450 g/mol. The molecule has 2 heterocycles. The fourth-order valence-electron chi connectivity index (χ4n) is 2.44. The Hall–Kier alpha value is -2.09. The molecule has 0 saturated heterocycles. The minimum absolute atomic E-state index is 0.0991. The first-order valence-electron chi connectivity index (χ1n) is 7.97. The number of nitrogens with one attached hydrogen (secondary N) is 1. The number of hydrogen-bond acceptors (Lipinski definition) is 5. The highest BCUT2D eigenvalue weighted by atomic mass is 79.9. The Morgan fingerprint density at radius 3 is 2.67 bits per heavy atom. The van der Waals surface area contributed by atoms with Crippen molar-refractivity contribution in [3.63, 3.8) is 0 Å². The highest BCUT2D eigenvalue weighted by Gasteiger charge is 2.32. The number of hydrogen-bond donors (Lipinski definition) is 1. The van der Waals surface area contributed by atoms with E-state index in [0.717, 1.165) is 21.4 Å². The van der Waals surface area contributed by atoms with Crippen molar-refractivity contribution < 1.29 is 9.59 Å². The molecule has 1 aromatic carbocycles. The molecule has 3 aromatic rings. The lowest BCUT2D eigenvalue weighted by Gasteiger charge is -2.24. The molecule has 0 saturated carbocycles. The molecule has 0 fully saturated rings. The standard InChI is InChI=1S/C19H15BrClN3O2S/c1-19(2,15(25)11-5-3-7-13(20)9-11)24-17(26)14-16(21)23-18(27-14)12-6-4-8-22-10-12/h3-10H,1-2H3,(H,24,26). The molecule has 0 bridgehead atoms. The van der Waals surface area contributed by atoms with Gasteiger partial charge in [-0.3, -0.25) is 14.6 Å². The average molecular weight is 465 g/mol. The number of amides is 1. The Morgan fingerprint density at radius 1 is 1.22 bits per heavy atom. The monoisotopic (exact) mass is 463 g/mol. The Labute approximate surface area is 173 Å². The van der Waals surface area contributed by atoms with Crippen molar-refractivity contribution in [2.45, 2.75) is 19.4 Å². The molecule has 2 aromatic heterocycles. The molecular formula is C19H15BrClN3O2S. The second kappa shape index (κ2) is 7.88. The summed E-state index contributed by atoms with van der Waals surface area (Å²) in [6.45, 7) is 3.32. The second-order valence-corrected chi connectivity index (χ2v) is 8.57. The summed E-state index contributed by atoms with van der Waals surface area (Å²) >= 11 is 10.7. The molecule has 0 unspecified atom stereocenters. The second-order valence-electron chi connectivity index (χ2n) is 6.30. The highest BCUT2D eigenvalue weighted by molar-refractivity contribution is 9.10. The maximum absolute atomic E-state index is 12.8. The molecule has 3 rings (SSSR count). The van der Waals surface area contributed by atoms with Gasteiger partial charge in [-0.1, -0.05) is 39.7 Å². The van der Waals surface area contributed by atoms with Gasteiger partial charge in [0.15, 0.2) is 10.9 Å². The van der Waals surface area contributed by atoms with Crippen LogP contribution in [0.15, 0.2) is 53.3 Å². The molecule has 1 N–H and O–H groups in total. The zero-order valence-electron chi connectivity index (χ0n) is 14.5. The van der Waals surface area contributed by atoms with Gasteiger partial charge in [0.1, 0.15) is 9.88 Å². The number of carbonyl (C=O) groups excluding carboxylic acids is 2. The first kappa shape index (κ1) is 19.7. The molecule has 0 atom stereocenters. The van der Waals surface area contributed by atoms with Crippen LogP contribution in [0.1, 0.15) is 33.9 Å². The van der Waals surface area contributed by atoms with Gasteiger partial charge in [-0.05, 0) is 38.1 Å². The minimum Gasteiger partial charge on any atom is -0.339 e. The molecule has 0 spiro atoms. The Balaban J connectivity index is 1.82. The summed E-state index contributed by atoms with van der Waals surface area (Å²) in [5.74, 6) is -0.647. The van der Waals surface area contributed by atoms with Gasteiger partial charge in [0.2, 0.25) is 0 Å². The van der Waals surface area contributed by atoms with Gasteiger partial charge >= 0.3 is 0 Å². The fourth-order valence-corrected chi connectivity index (χ4v) is 4.02. The molecule has 0 aliphatic carbocycles. The molecule has 1 amide bonds. The predicted molar refractivity (Wildman–Crippen MR) is 110 cm³/mol. The van der Waals surface area contributed by atoms with Crippen LogP contribution in [-0.2, 0) is 0 Å². The van der Waals surface area contributed by atoms with Gasteiger partial charge in [-0.15, -0.1) is 11.3 Å². The topological polar surface area (TPSA) is 72.0 Å². The molecule has 0 aliphatic heterocycles. The molecule has 27 heavy (non-hydrogen) atoms. The van der Waals surface area contributed by atoms with Crippen LogP contribution in [0.4, 0.5) is 0 Å². The van der Waals surface area contributed by atoms with E-state index in [9.17, 15) is 9.59 Å². The third kappa shape index (κ3) is 4.43. The van der Waals surface area contributed by atoms with Gasteiger partial charge in [0.25, 0.3) is 5.91 Å². The van der Waals surface area contributed by atoms with Crippen molar-refractivity contribution in [2.24, 2.45) is 0 Å². The number of nitrogens with zero attached hydrogens (tertiary/aromatic N) is 2. The van der Waals surface area contributed by atoms with Crippen LogP contribution in [0.25, 0.3) is 10.6 Å². The van der Waals surface area contributed by atoms with Crippen LogP contribution in [0.5, 0.6) is 0 Å². The van der Waals surface area contributed by atoms with Gasteiger partial charge in [-0.25, -0.2) is 4.98 Å². The van der Waals surface area contributed by atoms with Crippen molar-refractivity contribution in [3.8, 4) is 10.6 Å². The van der Waals surface area contributed by atoms with Gasteiger partial charge in [0, 0.05) is 28.0 Å². The third-order valence-electron chi connectivity index (χ3n) is 3.78. The van der Waals surface area contributed by atoms with E-state index in [-0.39, 0.29) is 15.8 Å². The van der Waals surface area contributed by atoms with E-state index in [1.54, 1.807) is 50.5 Å². The van der Waals surface area contributed by atoms with E-state index >= 15 is 0 Å². The number of pyridine rings is 1. The number of aromatic nitrogens is 2. The lowest BCUT2D eigenvalue weighted by atomic mass is 9.93. The van der Waals surface area contributed by atoms with E-state index in [1.165, 1.54) is 0 Å². The summed E-state index contributed by atoms with van der Waals surface area (Å²) in [6.07, 6.45) is 3.31. The fraction of sp³-hybridized carbons (Fsp3) is 0.158. The van der Waals surface area contributed by atoms with E-state index in [1.807, 2.05) is 12.1 Å². The maximum Gasteiger partial charge on any atom is 0.265 e. The van der Waals surface area contributed by atoms with Crippen LogP contribution in [-0.4, -0.2) is 27.2 Å². The first-order valence-corrected chi connectivity index (χ1v) is 9.96. The van der Waals surface area contributed by atoms with Crippen LogP contribution >= 0.6 is 38.9 Å². The van der Waals surface area contributed by atoms with Gasteiger partial charge in [-0.2, -0.15) is 0 Å². The zero-order valence-corrected chi connectivity index (χ0v) is 17.7. The minimum atomic E-state index is -1.11. The zero-order chi connectivity index (χ0) is 19.6. The average Bonchev–Trinajstić information content (AvgIpc) is 3.03. The third-order valence-corrected chi connectivity index (χ3v) is 5.76. The number of ketones is 1. The largest absolute Gasteiger partial charge is 0.339 e. The van der Waals surface area contributed by atoms with Crippen LogP contribution in [0, 0.1) is 0 Å². The quantitative estimate of drug-likeness (QED) is 0.539. The Morgan fingerprint density at radius 2 is 2.00 bits per heavy atom. The molecule has 8 heteroatoms. The van der Waals surface area contributed by atoms with Gasteiger partial charge < -0.3 is 5.32 Å². The number of carbonyl (C=O) groups is 2. The number of benzene rings is 1. The number of thiazole rings is 1. The van der Waals surface area contributed by atoms with Crippen molar-refractivity contribution in [2.75, 3.05) is 0 Å². The summed E-state index contributed by atoms with van der Waals surface area (Å²) < 4.78 is 0.794. The van der Waals surface area contributed by atoms with Crippen molar-refractivity contribution in [1.82, 2.24) is 15.3 Å². The highest BCUT2D eigenvalue weighted by Crippen LogP contribution is 2.31. The lowest BCUT2D eigenvalue weighted by molar-refractivity contribution is 0.0800. The number of halogens is 2. The summed E-state index contributed by atoms with van der Waals surface area (Å²) in [6, 6.07) is 10.7. The smallest absolute Gasteiger partial charge is 0.265 e. The van der Waals surface area contributed by atoms with E-state index in [2.05, 4.69) is 31.2 Å². The normalized spacial score (nSPS) is 11.3. The predicted octanol–water partition coefficient (Wildman–Crippen LogP) is 5.01.